The first-order valence-electron chi connectivity index (χ1n) is 6.71. The second-order valence-corrected chi connectivity index (χ2v) is 4.98. The summed E-state index contributed by atoms with van der Waals surface area (Å²) in [4.78, 5) is 0. The fourth-order valence-corrected chi connectivity index (χ4v) is 2.80. The third kappa shape index (κ3) is 2.16. The number of nitrogens with zero attached hydrogens (tertiary/aromatic N) is 1. The predicted molar refractivity (Wildman–Crippen MR) is 73.7 cm³/mol. The van der Waals surface area contributed by atoms with Crippen molar-refractivity contribution in [3.05, 3.63) is 36.0 Å². The van der Waals surface area contributed by atoms with Crippen LogP contribution in [0.25, 0.3) is 10.9 Å². The first kappa shape index (κ1) is 11.8. The van der Waals surface area contributed by atoms with Gasteiger partial charge in [-0.15, -0.1) is 0 Å². The van der Waals surface area contributed by atoms with Crippen molar-refractivity contribution in [3.63, 3.8) is 0 Å². The van der Waals surface area contributed by atoms with Gasteiger partial charge in [-0.1, -0.05) is 12.1 Å². The highest BCUT2D eigenvalue weighted by atomic mass is 16.5. The van der Waals surface area contributed by atoms with Crippen molar-refractivity contribution in [3.8, 4) is 0 Å². The van der Waals surface area contributed by atoms with Crippen LogP contribution >= 0.6 is 0 Å². The van der Waals surface area contributed by atoms with E-state index in [0.29, 0.717) is 6.10 Å². The summed E-state index contributed by atoms with van der Waals surface area (Å²) in [7, 11) is 1.99. The van der Waals surface area contributed by atoms with Crippen LogP contribution in [0.3, 0.4) is 0 Å². The molecule has 1 fully saturated rings. The van der Waals surface area contributed by atoms with Crippen molar-refractivity contribution in [2.24, 2.45) is 0 Å². The van der Waals surface area contributed by atoms with Crippen molar-refractivity contribution in [1.29, 1.82) is 0 Å². The molecule has 3 nitrogen and oxygen atoms in total. The summed E-state index contributed by atoms with van der Waals surface area (Å²) in [6.07, 6.45) is 4.98. The van der Waals surface area contributed by atoms with E-state index in [2.05, 4.69) is 40.3 Å². The number of rotatable bonds is 4. The molecule has 96 valence electrons. The van der Waals surface area contributed by atoms with E-state index >= 15 is 0 Å². The molecule has 1 aromatic carbocycles. The Kier molecular flexibility index (Phi) is 3.35. The second-order valence-electron chi connectivity index (χ2n) is 4.98. The third-order valence-electron chi connectivity index (χ3n) is 3.70. The Balaban J connectivity index is 1.90. The Labute approximate surface area is 108 Å². The molecular weight excluding hydrogens is 224 g/mol. The van der Waals surface area contributed by atoms with E-state index in [9.17, 15) is 0 Å². The number of nitrogens with one attached hydrogen (secondary N) is 1. The molecule has 0 spiro atoms. The van der Waals surface area contributed by atoms with Crippen LogP contribution in [-0.2, 0) is 17.8 Å². The van der Waals surface area contributed by atoms with Crippen LogP contribution in [0.4, 0.5) is 0 Å². The normalized spacial score (nSPS) is 19.7. The first-order chi connectivity index (χ1) is 8.88. The van der Waals surface area contributed by atoms with E-state index in [0.717, 1.165) is 19.7 Å². The number of ether oxygens (including phenoxy) is 1. The Bertz CT molecular complexity index is 526. The van der Waals surface area contributed by atoms with Crippen molar-refractivity contribution in [2.75, 3.05) is 13.7 Å². The smallest absolute Gasteiger partial charge is 0.0754 e. The van der Waals surface area contributed by atoms with Gasteiger partial charge in [-0.3, -0.25) is 0 Å². The molecule has 1 aliphatic heterocycles. The molecule has 1 N–H and O–H groups in total. The minimum Gasteiger partial charge on any atom is -0.376 e. The summed E-state index contributed by atoms with van der Waals surface area (Å²) >= 11 is 0. The highest BCUT2D eigenvalue weighted by Crippen LogP contribution is 2.22. The quantitative estimate of drug-likeness (QED) is 0.894. The third-order valence-corrected chi connectivity index (χ3v) is 3.70. The number of hydrogen-bond acceptors (Lipinski definition) is 2. The number of aromatic nitrogens is 1. The molecule has 1 aliphatic rings. The summed E-state index contributed by atoms with van der Waals surface area (Å²) in [5, 5.41) is 4.58. The molecule has 2 aromatic rings. The zero-order valence-electron chi connectivity index (χ0n) is 10.9. The number of benzene rings is 1. The average molecular weight is 244 g/mol. The standard InChI is InChI=1S/C15H20N2O/c1-16-10-12-4-2-6-15-14(12)7-8-17(15)11-13-5-3-9-18-13/h2,4,6-8,13,16H,3,5,9-11H2,1H3. The summed E-state index contributed by atoms with van der Waals surface area (Å²) in [6.45, 7) is 2.82. The van der Waals surface area contributed by atoms with Crippen LogP contribution in [0.5, 0.6) is 0 Å². The molecule has 0 radical (unpaired) electrons. The molecule has 1 atom stereocenters. The van der Waals surface area contributed by atoms with Gasteiger partial charge in [0.25, 0.3) is 0 Å². The van der Waals surface area contributed by atoms with E-state index in [-0.39, 0.29) is 0 Å². The highest BCUT2D eigenvalue weighted by Gasteiger charge is 2.16. The van der Waals surface area contributed by atoms with Crippen LogP contribution < -0.4 is 5.32 Å². The van der Waals surface area contributed by atoms with Crippen molar-refractivity contribution in [1.82, 2.24) is 9.88 Å². The minimum atomic E-state index is 0.397. The second kappa shape index (κ2) is 5.12. The Morgan fingerprint density at radius 2 is 2.33 bits per heavy atom. The Morgan fingerprint density at radius 3 is 3.11 bits per heavy atom. The average Bonchev–Trinajstić information content (AvgIpc) is 3.01. The maximum absolute atomic E-state index is 5.72. The number of hydrogen-bond donors (Lipinski definition) is 1. The predicted octanol–water partition coefficient (Wildman–Crippen LogP) is 2.54. The largest absolute Gasteiger partial charge is 0.376 e. The molecule has 0 saturated carbocycles. The Morgan fingerprint density at radius 1 is 1.39 bits per heavy atom. The zero-order chi connectivity index (χ0) is 12.4. The van der Waals surface area contributed by atoms with Gasteiger partial charge in [0.1, 0.15) is 0 Å². The summed E-state index contributed by atoms with van der Waals surface area (Å²) in [5.74, 6) is 0. The molecule has 2 heterocycles. The van der Waals surface area contributed by atoms with Gasteiger partial charge in [0.2, 0.25) is 0 Å². The van der Waals surface area contributed by atoms with Crippen LogP contribution in [0.1, 0.15) is 18.4 Å². The Hall–Kier alpha value is -1.32. The molecule has 1 saturated heterocycles. The fourth-order valence-electron chi connectivity index (χ4n) is 2.80. The van der Waals surface area contributed by atoms with Gasteiger partial charge >= 0.3 is 0 Å². The molecule has 1 unspecified atom stereocenters. The lowest BCUT2D eigenvalue weighted by molar-refractivity contribution is 0.0980. The van der Waals surface area contributed by atoms with Crippen molar-refractivity contribution >= 4 is 10.9 Å². The van der Waals surface area contributed by atoms with Crippen LogP contribution in [0.2, 0.25) is 0 Å². The summed E-state index contributed by atoms with van der Waals surface area (Å²) < 4.78 is 8.04. The molecule has 0 amide bonds. The highest BCUT2D eigenvalue weighted by molar-refractivity contribution is 5.83. The molecule has 1 aromatic heterocycles. The van der Waals surface area contributed by atoms with Gasteiger partial charge in [0.15, 0.2) is 0 Å². The summed E-state index contributed by atoms with van der Waals surface area (Å²) in [6, 6.07) is 8.75. The van der Waals surface area contributed by atoms with E-state index in [1.807, 2.05) is 7.05 Å². The number of fused-ring (bicyclic) bond motifs is 1. The van der Waals surface area contributed by atoms with Gasteiger partial charge in [-0.2, -0.15) is 0 Å². The van der Waals surface area contributed by atoms with E-state index in [1.165, 1.54) is 29.3 Å². The monoisotopic (exact) mass is 244 g/mol. The van der Waals surface area contributed by atoms with E-state index in [4.69, 9.17) is 4.74 Å². The van der Waals surface area contributed by atoms with E-state index < -0.39 is 0 Å². The van der Waals surface area contributed by atoms with Crippen LogP contribution in [0.15, 0.2) is 30.5 Å². The molecule has 3 heteroatoms. The fraction of sp³-hybridized carbons (Fsp3) is 0.467. The van der Waals surface area contributed by atoms with Crippen molar-refractivity contribution < 1.29 is 4.74 Å². The van der Waals surface area contributed by atoms with Gasteiger partial charge in [-0.25, -0.2) is 0 Å². The lowest BCUT2D eigenvalue weighted by Crippen LogP contribution is -2.14. The lowest BCUT2D eigenvalue weighted by atomic mass is 10.1. The van der Waals surface area contributed by atoms with E-state index in [1.54, 1.807) is 0 Å². The van der Waals surface area contributed by atoms with Gasteiger partial charge < -0.3 is 14.6 Å². The van der Waals surface area contributed by atoms with Gasteiger partial charge in [0.05, 0.1) is 6.10 Å². The first-order valence-corrected chi connectivity index (χ1v) is 6.71. The SMILES string of the molecule is CNCc1cccc2c1ccn2CC1CCCO1. The van der Waals surface area contributed by atoms with Gasteiger partial charge in [-0.05, 0) is 37.6 Å². The minimum absolute atomic E-state index is 0.397. The molecule has 0 bridgehead atoms. The maximum atomic E-state index is 5.72. The molecule has 3 rings (SSSR count). The van der Waals surface area contributed by atoms with Crippen LogP contribution in [0, 0.1) is 0 Å². The summed E-state index contributed by atoms with van der Waals surface area (Å²) in [5.41, 5.74) is 2.68. The molecule has 18 heavy (non-hydrogen) atoms. The van der Waals surface area contributed by atoms with Crippen LogP contribution in [-0.4, -0.2) is 24.3 Å². The lowest BCUT2D eigenvalue weighted by Gasteiger charge is -2.12. The maximum Gasteiger partial charge on any atom is 0.0754 e. The van der Waals surface area contributed by atoms with Gasteiger partial charge in [0, 0.05) is 36.8 Å². The molecule has 0 aliphatic carbocycles. The molecular formula is C15H20N2O. The zero-order valence-corrected chi connectivity index (χ0v) is 10.9. The topological polar surface area (TPSA) is 26.2 Å². The van der Waals surface area contributed by atoms with Crippen molar-refractivity contribution in [2.45, 2.75) is 32.0 Å².